The molecule has 0 bridgehead atoms. The predicted molar refractivity (Wildman–Crippen MR) is 49.1 cm³/mol. The van der Waals surface area contributed by atoms with Crippen LogP contribution in [0.1, 0.15) is 32.6 Å². The third-order valence-corrected chi connectivity index (χ3v) is 1.87. The minimum Gasteiger partial charge on any atom is -0.331 e. The molecule has 0 heterocycles. The molecule has 1 rings (SSSR count). The fraction of sp³-hybridized carbons (Fsp3) is 1.00. The Balaban J connectivity index is 0.000000292. The van der Waals surface area contributed by atoms with Gasteiger partial charge in [0.2, 0.25) is 0 Å². The van der Waals surface area contributed by atoms with E-state index in [0.29, 0.717) is 0 Å². The first-order valence-corrected chi connectivity index (χ1v) is 4.43. The summed E-state index contributed by atoms with van der Waals surface area (Å²) in [4.78, 5) is 0. The zero-order chi connectivity index (χ0) is 8.69. The van der Waals surface area contributed by atoms with Gasteiger partial charge < -0.3 is 17.2 Å². The standard InChI is InChI=1S/C6H14N2.C2H7N/c7-5-3-1-2-4-6(5)8;1-2-3/h5-6H,1-4,7-8H2;2-3H2,1H3. The summed E-state index contributed by atoms with van der Waals surface area (Å²) in [7, 11) is 0. The van der Waals surface area contributed by atoms with Crippen molar-refractivity contribution in [1.29, 1.82) is 0 Å². The second-order valence-corrected chi connectivity index (χ2v) is 3.02. The second-order valence-electron chi connectivity index (χ2n) is 3.02. The smallest absolute Gasteiger partial charge is 0.0192 e. The highest BCUT2D eigenvalue weighted by Gasteiger charge is 2.16. The van der Waals surface area contributed by atoms with Gasteiger partial charge in [-0.3, -0.25) is 0 Å². The maximum atomic E-state index is 5.65. The van der Waals surface area contributed by atoms with E-state index >= 15 is 0 Å². The molecule has 1 aliphatic rings. The van der Waals surface area contributed by atoms with Crippen molar-refractivity contribution < 1.29 is 0 Å². The third-order valence-electron chi connectivity index (χ3n) is 1.87. The Hall–Kier alpha value is -0.120. The van der Waals surface area contributed by atoms with Gasteiger partial charge in [-0.15, -0.1) is 0 Å². The van der Waals surface area contributed by atoms with Crippen LogP contribution in [-0.4, -0.2) is 18.6 Å². The van der Waals surface area contributed by atoms with Crippen molar-refractivity contribution in [3.05, 3.63) is 0 Å². The van der Waals surface area contributed by atoms with Crippen molar-refractivity contribution in [1.82, 2.24) is 0 Å². The van der Waals surface area contributed by atoms with Gasteiger partial charge in [0, 0.05) is 12.1 Å². The maximum absolute atomic E-state index is 5.65. The molecule has 0 spiro atoms. The van der Waals surface area contributed by atoms with Gasteiger partial charge in [-0.25, -0.2) is 0 Å². The van der Waals surface area contributed by atoms with E-state index < -0.39 is 0 Å². The van der Waals surface area contributed by atoms with Crippen LogP contribution in [0, 0.1) is 0 Å². The topological polar surface area (TPSA) is 78.1 Å². The van der Waals surface area contributed by atoms with Crippen molar-refractivity contribution in [3.63, 3.8) is 0 Å². The summed E-state index contributed by atoms with van der Waals surface area (Å²) in [5, 5.41) is 0. The first kappa shape index (κ1) is 10.9. The molecule has 0 aromatic rings. The van der Waals surface area contributed by atoms with E-state index in [4.69, 9.17) is 17.2 Å². The van der Waals surface area contributed by atoms with Gasteiger partial charge in [0.05, 0.1) is 0 Å². The average Bonchev–Trinajstić information content (AvgIpc) is 1.97. The largest absolute Gasteiger partial charge is 0.331 e. The first-order valence-electron chi connectivity index (χ1n) is 4.43. The second kappa shape index (κ2) is 6.58. The van der Waals surface area contributed by atoms with Crippen LogP contribution in [0.5, 0.6) is 0 Å². The van der Waals surface area contributed by atoms with Crippen molar-refractivity contribution >= 4 is 0 Å². The Morgan fingerprint density at radius 2 is 1.36 bits per heavy atom. The van der Waals surface area contributed by atoms with Crippen LogP contribution in [0.2, 0.25) is 0 Å². The summed E-state index contributed by atoms with van der Waals surface area (Å²) >= 11 is 0. The highest BCUT2D eigenvalue weighted by molar-refractivity contribution is 4.79. The first-order chi connectivity index (χ1) is 5.22. The minimum atomic E-state index is 0.281. The number of hydrogen-bond acceptors (Lipinski definition) is 3. The summed E-state index contributed by atoms with van der Waals surface area (Å²) in [6.45, 7) is 2.65. The minimum absolute atomic E-state index is 0.281. The molecule has 0 amide bonds. The summed E-state index contributed by atoms with van der Waals surface area (Å²) in [6.07, 6.45) is 4.80. The molecule has 0 aromatic carbocycles. The number of nitrogens with two attached hydrogens (primary N) is 3. The van der Waals surface area contributed by atoms with Gasteiger partial charge in [-0.1, -0.05) is 19.8 Å². The zero-order valence-electron chi connectivity index (χ0n) is 7.42. The third kappa shape index (κ3) is 5.18. The molecule has 2 unspecified atom stereocenters. The molecule has 1 saturated carbocycles. The number of hydrogen-bond donors (Lipinski definition) is 3. The molecule has 1 aliphatic carbocycles. The molecule has 0 radical (unpaired) electrons. The van der Waals surface area contributed by atoms with Gasteiger partial charge in [-0.05, 0) is 19.4 Å². The van der Waals surface area contributed by atoms with E-state index in [1.54, 1.807) is 0 Å². The van der Waals surface area contributed by atoms with E-state index in [0.717, 1.165) is 19.4 Å². The molecule has 68 valence electrons. The Labute approximate surface area is 69.3 Å². The SMILES string of the molecule is CCN.NC1CCCCC1N. The zero-order valence-corrected chi connectivity index (χ0v) is 7.42. The molecular formula is C8H21N3. The Morgan fingerprint density at radius 3 is 1.55 bits per heavy atom. The maximum Gasteiger partial charge on any atom is 0.0192 e. The Bertz CT molecular complexity index is 75.4. The molecule has 0 aromatic heterocycles. The molecule has 2 atom stereocenters. The van der Waals surface area contributed by atoms with Crippen molar-refractivity contribution in [2.24, 2.45) is 17.2 Å². The molecule has 0 aliphatic heterocycles. The normalized spacial score (nSPS) is 30.5. The van der Waals surface area contributed by atoms with E-state index in [-0.39, 0.29) is 12.1 Å². The predicted octanol–water partition coefficient (Wildman–Crippen LogP) is 0.180. The van der Waals surface area contributed by atoms with Crippen molar-refractivity contribution in [2.45, 2.75) is 44.7 Å². The lowest BCUT2D eigenvalue weighted by Crippen LogP contribution is -2.43. The van der Waals surface area contributed by atoms with Gasteiger partial charge in [0.25, 0.3) is 0 Å². The summed E-state index contributed by atoms with van der Waals surface area (Å²) in [6, 6.07) is 0.562. The summed E-state index contributed by atoms with van der Waals surface area (Å²) in [5.41, 5.74) is 16.2. The van der Waals surface area contributed by atoms with Crippen LogP contribution in [0.15, 0.2) is 0 Å². The van der Waals surface area contributed by atoms with E-state index in [2.05, 4.69) is 0 Å². The van der Waals surface area contributed by atoms with Gasteiger partial charge in [0.15, 0.2) is 0 Å². The van der Waals surface area contributed by atoms with E-state index in [1.807, 2.05) is 6.92 Å². The van der Waals surface area contributed by atoms with Crippen LogP contribution in [0.3, 0.4) is 0 Å². The molecule has 11 heavy (non-hydrogen) atoms. The van der Waals surface area contributed by atoms with Crippen LogP contribution in [0.4, 0.5) is 0 Å². The molecule has 3 heteroatoms. The van der Waals surface area contributed by atoms with E-state index in [9.17, 15) is 0 Å². The lowest BCUT2D eigenvalue weighted by Gasteiger charge is -2.24. The highest BCUT2D eigenvalue weighted by Crippen LogP contribution is 2.14. The highest BCUT2D eigenvalue weighted by atomic mass is 14.8. The number of rotatable bonds is 0. The molecule has 3 nitrogen and oxygen atoms in total. The molecule has 6 N–H and O–H groups in total. The Kier molecular flexibility index (Phi) is 6.51. The van der Waals surface area contributed by atoms with Gasteiger partial charge in [0.1, 0.15) is 0 Å². The lowest BCUT2D eigenvalue weighted by molar-refractivity contribution is 0.385. The lowest BCUT2D eigenvalue weighted by atomic mass is 9.92. The molecular weight excluding hydrogens is 138 g/mol. The summed E-state index contributed by atoms with van der Waals surface area (Å²) < 4.78 is 0. The van der Waals surface area contributed by atoms with Crippen LogP contribution in [-0.2, 0) is 0 Å². The fourth-order valence-electron chi connectivity index (χ4n) is 1.19. The Morgan fingerprint density at radius 1 is 1.09 bits per heavy atom. The molecule has 0 saturated heterocycles. The van der Waals surface area contributed by atoms with Gasteiger partial charge >= 0.3 is 0 Å². The summed E-state index contributed by atoms with van der Waals surface area (Å²) in [5.74, 6) is 0. The average molecular weight is 159 g/mol. The van der Waals surface area contributed by atoms with Crippen molar-refractivity contribution in [3.8, 4) is 0 Å². The molecule has 1 fully saturated rings. The monoisotopic (exact) mass is 159 g/mol. The van der Waals surface area contributed by atoms with Gasteiger partial charge in [-0.2, -0.15) is 0 Å². The van der Waals surface area contributed by atoms with Crippen LogP contribution >= 0.6 is 0 Å². The van der Waals surface area contributed by atoms with Crippen molar-refractivity contribution in [2.75, 3.05) is 6.54 Å². The quantitative estimate of drug-likeness (QED) is 0.472. The fourth-order valence-corrected chi connectivity index (χ4v) is 1.19. The van der Waals surface area contributed by atoms with E-state index in [1.165, 1.54) is 12.8 Å². The van der Waals surface area contributed by atoms with Crippen LogP contribution in [0.25, 0.3) is 0 Å². The van der Waals surface area contributed by atoms with Crippen LogP contribution < -0.4 is 17.2 Å².